The summed E-state index contributed by atoms with van der Waals surface area (Å²) in [6, 6.07) is 6.27. The van der Waals surface area contributed by atoms with Gasteiger partial charge in [-0.1, -0.05) is 26.0 Å². The van der Waals surface area contributed by atoms with E-state index in [9.17, 15) is 5.11 Å². The highest BCUT2D eigenvalue weighted by molar-refractivity contribution is 5.35. The Kier molecular flexibility index (Phi) is 7.03. The van der Waals surface area contributed by atoms with Gasteiger partial charge in [-0.25, -0.2) is 0 Å². The van der Waals surface area contributed by atoms with Crippen LogP contribution in [0, 0.1) is 13.8 Å². The van der Waals surface area contributed by atoms with Gasteiger partial charge in [0.15, 0.2) is 0 Å². The van der Waals surface area contributed by atoms with Crippen LogP contribution in [0.3, 0.4) is 0 Å². The number of ether oxygens (including phenoxy) is 1. The van der Waals surface area contributed by atoms with Crippen molar-refractivity contribution in [3.8, 4) is 5.75 Å². The van der Waals surface area contributed by atoms with E-state index in [1.54, 1.807) is 0 Å². The zero-order valence-corrected chi connectivity index (χ0v) is 13.3. The Hall–Kier alpha value is -1.06. The zero-order valence-electron chi connectivity index (χ0n) is 13.3. The molecule has 0 heterocycles. The highest BCUT2D eigenvalue weighted by atomic mass is 16.5. The van der Waals surface area contributed by atoms with Gasteiger partial charge in [-0.05, 0) is 56.8 Å². The fourth-order valence-electron chi connectivity index (χ4n) is 2.47. The average Bonchev–Trinajstić information content (AvgIpc) is 2.46. The third-order valence-corrected chi connectivity index (χ3v) is 3.93. The SMILES string of the molecule is CCNC(CC)(CO)CCCOc1cc(C)ccc1C. The monoisotopic (exact) mass is 279 g/mol. The standard InChI is InChI=1S/C17H29NO2/c1-5-17(13-19,18-6-2)10-7-11-20-16-12-14(3)8-9-15(16)4/h8-9,12,18-19H,5-7,10-11,13H2,1-4H3. The van der Waals surface area contributed by atoms with Crippen LogP contribution >= 0.6 is 0 Å². The van der Waals surface area contributed by atoms with Crippen molar-refractivity contribution >= 4 is 0 Å². The molecule has 1 aromatic rings. The van der Waals surface area contributed by atoms with E-state index in [1.165, 1.54) is 11.1 Å². The number of nitrogens with one attached hydrogen (secondary N) is 1. The maximum atomic E-state index is 9.60. The van der Waals surface area contributed by atoms with Crippen LogP contribution in [0.15, 0.2) is 18.2 Å². The van der Waals surface area contributed by atoms with Crippen LogP contribution in [0.1, 0.15) is 44.2 Å². The summed E-state index contributed by atoms with van der Waals surface area (Å²) >= 11 is 0. The van der Waals surface area contributed by atoms with Crippen LogP contribution in [-0.4, -0.2) is 30.4 Å². The van der Waals surface area contributed by atoms with Gasteiger partial charge in [0, 0.05) is 5.54 Å². The van der Waals surface area contributed by atoms with Gasteiger partial charge in [0.05, 0.1) is 13.2 Å². The number of hydrogen-bond acceptors (Lipinski definition) is 3. The molecule has 3 heteroatoms. The highest BCUT2D eigenvalue weighted by Crippen LogP contribution is 2.21. The number of aliphatic hydroxyl groups excluding tert-OH is 1. The van der Waals surface area contributed by atoms with E-state index >= 15 is 0 Å². The summed E-state index contributed by atoms with van der Waals surface area (Å²) in [5, 5.41) is 13.0. The van der Waals surface area contributed by atoms with Crippen LogP contribution in [0.5, 0.6) is 5.75 Å². The smallest absolute Gasteiger partial charge is 0.122 e. The Balaban J connectivity index is 2.45. The van der Waals surface area contributed by atoms with Crippen molar-refractivity contribution in [1.82, 2.24) is 5.32 Å². The molecule has 1 aromatic carbocycles. The van der Waals surface area contributed by atoms with Gasteiger partial charge in [-0.2, -0.15) is 0 Å². The summed E-state index contributed by atoms with van der Waals surface area (Å²) < 4.78 is 5.87. The topological polar surface area (TPSA) is 41.5 Å². The fraction of sp³-hybridized carbons (Fsp3) is 0.647. The maximum Gasteiger partial charge on any atom is 0.122 e. The number of likely N-dealkylation sites (N-methyl/N-ethyl adjacent to an activating group) is 1. The quantitative estimate of drug-likeness (QED) is 0.682. The molecule has 0 aliphatic heterocycles. The Morgan fingerprint density at radius 2 is 2.00 bits per heavy atom. The van der Waals surface area contributed by atoms with Gasteiger partial charge in [0.25, 0.3) is 0 Å². The van der Waals surface area contributed by atoms with Crippen molar-refractivity contribution in [2.45, 2.75) is 52.5 Å². The van der Waals surface area contributed by atoms with Crippen molar-refractivity contribution in [2.75, 3.05) is 19.8 Å². The van der Waals surface area contributed by atoms with E-state index in [4.69, 9.17) is 4.74 Å². The molecule has 0 aromatic heterocycles. The van der Waals surface area contributed by atoms with E-state index in [2.05, 4.69) is 51.2 Å². The molecule has 2 N–H and O–H groups in total. The molecule has 1 rings (SSSR count). The van der Waals surface area contributed by atoms with Crippen molar-refractivity contribution in [2.24, 2.45) is 0 Å². The molecule has 114 valence electrons. The van der Waals surface area contributed by atoms with Crippen molar-refractivity contribution in [3.63, 3.8) is 0 Å². The molecule has 1 atom stereocenters. The van der Waals surface area contributed by atoms with Gasteiger partial charge in [0.2, 0.25) is 0 Å². The average molecular weight is 279 g/mol. The number of benzene rings is 1. The second-order valence-electron chi connectivity index (χ2n) is 5.54. The molecular formula is C17H29NO2. The van der Waals surface area contributed by atoms with Gasteiger partial charge < -0.3 is 15.2 Å². The number of aliphatic hydroxyl groups is 1. The van der Waals surface area contributed by atoms with E-state index < -0.39 is 0 Å². The molecule has 0 fully saturated rings. The lowest BCUT2D eigenvalue weighted by atomic mass is 9.91. The lowest BCUT2D eigenvalue weighted by Gasteiger charge is -2.31. The van der Waals surface area contributed by atoms with Crippen LogP contribution in [0.25, 0.3) is 0 Å². The van der Waals surface area contributed by atoms with Crippen LogP contribution in [0.4, 0.5) is 0 Å². The molecule has 0 saturated heterocycles. The summed E-state index contributed by atoms with van der Waals surface area (Å²) in [4.78, 5) is 0. The summed E-state index contributed by atoms with van der Waals surface area (Å²) in [5.41, 5.74) is 2.24. The van der Waals surface area contributed by atoms with E-state index in [0.717, 1.165) is 31.6 Å². The van der Waals surface area contributed by atoms with Gasteiger partial charge in [-0.15, -0.1) is 0 Å². The largest absolute Gasteiger partial charge is 0.493 e. The first kappa shape index (κ1) is 17.0. The van der Waals surface area contributed by atoms with E-state index in [-0.39, 0.29) is 12.1 Å². The third kappa shape index (κ3) is 4.80. The van der Waals surface area contributed by atoms with Crippen molar-refractivity contribution in [3.05, 3.63) is 29.3 Å². The maximum absolute atomic E-state index is 9.60. The second kappa shape index (κ2) is 8.28. The van der Waals surface area contributed by atoms with Crippen LogP contribution in [-0.2, 0) is 0 Å². The minimum Gasteiger partial charge on any atom is -0.493 e. The molecule has 0 aliphatic carbocycles. The zero-order chi connectivity index (χ0) is 15.0. The Labute approximate surface area is 123 Å². The Morgan fingerprint density at radius 1 is 1.25 bits per heavy atom. The van der Waals surface area contributed by atoms with Crippen LogP contribution < -0.4 is 10.1 Å². The normalized spacial score (nSPS) is 14.1. The highest BCUT2D eigenvalue weighted by Gasteiger charge is 2.25. The summed E-state index contributed by atoms with van der Waals surface area (Å²) in [7, 11) is 0. The number of hydrogen-bond donors (Lipinski definition) is 2. The minimum absolute atomic E-state index is 0.153. The fourth-order valence-corrected chi connectivity index (χ4v) is 2.47. The number of aryl methyl sites for hydroxylation is 2. The molecule has 0 spiro atoms. The first-order valence-corrected chi connectivity index (χ1v) is 7.63. The van der Waals surface area contributed by atoms with E-state index in [1.807, 2.05) is 0 Å². The van der Waals surface area contributed by atoms with Crippen LogP contribution in [0.2, 0.25) is 0 Å². The molecular weight excluding hydrogens is 250 g/mol. The minimum atomic E-state index is -0.153. The third-order valence-electron chi connectivity index (χ3n) is 3.93. The predicted octanol–water partition coefficient (Wildman–Crippen LogP) is 3.21. The lowest BCUT2D eigenvalue weighted by molar-refractivity contribution is 0.139. The molecule has 1 unspecified atom stereocenters. The second-order valence-corrected chi connectivity index (χ2v) is 5.54. The summed E-state index contributed by atoms with van der Waals surface area (Å²) in [6.45, 7) is 10.1. The Morgan fingerprint density at radius 3 is 2.60 bits per heavy atom. The van der Waals surface area contributed by atoms with Crippen molar-refractivity contribution in [1.29, 1.82) is 0 Å². The molecule has 0 amide bonds. The molecule has 0 aliphatic rings. The molecule has 20 heavy (non-hydrogen) atoms. The lowest BCUT2D eigenvalue weighted by Crippen LogP contribution is -2.48. The summed E-state index contributed by atoms with van der Waals surface area (Å²) in [5.74, 6) is 0.972. The summed E-state index contributed by atoms with van der Waals surface area (Å²) in [6.07, 6.45) is 2.80. The first-order chi connectivity index (χ1) is 9.56. The Bertz CT molecular complexity index is 400. The predicted molar refractivity (Wildman–Crippen MR) is 84.4 cm³/mol. The molecule has 0 saturated carbocycles. The first-order valence-electron chi connectivity index (χ1n) is 7.63. The molecule has 3 nitrogen and oxygen atoms in total. The number of rotatable bonds is 9. The van der Waals surface area contributed by atoms with E-state index in [0.29, 0.717) is 6.61 Å². The molecule has 0 bridgehead atoms. The van der Waals surface area contributed by atoms with Gasteiger partial charge >= 0.3 is 0 Å². The van der Waals surface area contributed by atoms with Crippen molar-refractivity contribution < 1.29 is 9.84 Å². The molecule has 0 radical (unpaired) electrons. The van der Waals surface area contributed by atoms with Gasteiger partial charge in [-0.3, -0.25) is 0 Å². The van der Waals surface area contributed by atoms with Gasteiger partial charge in [0.1, 0.15) is 5.75 Å².